The van der Waals surface area contributed by atoms with Gasteiger partial charge in [0.05, 0.1) is 7.11 Å². The second-order valence-corrected chi connectivity index (χ2v) is 4.35. The zero-order valence-electron chi connectivity index (χ0n) is 11.4. The molecule has 2 rings (SSSR count). The number of para-hydroxylation sites is 1. The fraction of sp³-hybridized carbons (Fsp3) is 0.235. The third kappa shape index (κ3) is 2.96. The highest BCUT2D eigenvalue weighted by Gasteiger charge is 2.17. The minimum atomic E-state index is -0.116. The predicted molar refractivity (Wildman–Crippen MR) is 77.3 cm³/mol. The van der Waals surface area contributed by atoms with Crippen molar-refractivity contribution in [2.75, 3.05) is 14.2 Å². The summed E-state index contributed by atoms with van der Waals surface area (Å²) in [6.07, 6.45) is 0.682. The zero-order valence-corrected chi connectivity index (χ0v) is 11.4. The first-order chi connectivity index (χ1) is 9.30. The molecule has 0 bridgehead atoms. The summed E-state index contributed by atoms with van der Waals surface area (Å²) < 4.78 is 11.0. The van der Waals surface area contributed by atoms with Crippen LogP contribution in [0.5, 0.6) is 5.75 Å². The maximum absolute atomic E-state index is 5.64. The molecule has 2 heteroatoms. The predicted octanol–water partition coefficient (Wildman–Crippen LogP) is 3.81. The molecule has 1 unspecified atom stereocenters. The van der Waals surface area contributed by atoms with Crippen molar-refractivity contribution in [3.63, 3.8) is 0 Å². The second kappa shape index (κ2) is 6.39. The Hall–Kier alpha value is -1.80. The molecule has 0 amide bonds. The second-order valence-electron chi connectivity index (χ2n) is 4.35. The SMILES string of the molecule is [CH2]Cc1ccc(C(OC)c2ccccc2OC)cc1. The number of ether oxygens (including phenoxy) is 2. The van der Waals surface area contributed by atoms with Crippen molar-refractivity contribution in [2.24, 2.45) is 0 Å². The molecule has 0 saturated carbocycles. The summed E-state index contributed by atoms with van der Waals surface area (Å²) >= 11 is 0. The highest BCUT2D eigenvalue weighted by atomic mass is 16.5. The van der Waals surface area contributed by atoms with Gasteiger partial charge in [-0.05, 0) is 30.5 Å². The molecule has 0 fully saturated rings. The maximum Gasteiger partial charge on any atom is 0.125 e. The van der Waals surface area contributed by atoms with E-state index in [0.717, 1.165) is 23.3 Å². The topological polar surface area (TPSA) is 18.5 Å². The van der Waals surface area contributed by atoms with Gasteiger partial charge in [0.1, 0.15) is 11.9 Å². The number of hydrogen-bond donors (Lipinski definition) is 0. The van der Waals surface area contributed by atoms with Crippen LogP contribution in [0.4, 0.5) is 0 Å². The van der Waals surface area contributed by atoms with E-state index in [9.17, 15) is 0 Å². The lowest BCUT2D eigenvalue weighted by Crippen LogP contribution is -2.05. The lowest BCUT2D eigenvalue weighted by atomic mass is 9.99. The van der Waals surface area contributed by atoms with Crippen LogP contribution in [0.25, 0.3) is 0 Å². The Kier molecular flexibility index (Phi) is 4.58. The average molecular weight is 255 g/mol. The number of rotatable bonds is 5. The maximum atomic E-state index is 5.64. The average Bonchev–Trinajstić information content (AvgIpc) is 2.49. The van der Waals surface area contributed by atoms with Crippen LogP contribution in [0.15, 0.2) is 48.5 Å². The summed E-state index contributed by atoms with van der Waals surface area (Å²) in [5.74, 6) is 0.843. The van der Waals surface area contributed by atoms with E-state index in [2.05, 4.69) is 31.2 Å². The normalized spacial score (nSPS) is 12.2. The highest BCUT2D eigenvalue weighted by Crippen LogP contribution is 2.32. The third-order valence-corrected chi connectivity index (χ3v) is 3.23. The lowest BCUT2D eigenvalue weighted by Gasteiger charge is -2.19. The summed E-state index contributed by atoms with van der Waals surface area (Å²) in [4.78, 5) is 0. The van der Waals surface area contributed by atoms with E-state index in [4.69, 9.17) is 9.47 Å². The molecule has 0 spiro atoms. The minimum absolute atomic E-state index is 0.116. The van der Waals surface area contributed by atoms with Gasteiger partial charge in [-0.15, -0.1) is 0 Å². The van der Waals surface area contributed by atoms with Gasteiger partial charge in [0.2, 0.25) is 0 Å². The fourth-order valence-electron chi connectivity index (χ4n) is 2.18. The van der Waals surface area contributed by atoms with E-state index in [0.29, 0.717) is 0 Å². The monoisotopic (exact) mass is 255 g/mol. The van der Waals surface area contributed by atoms with Crippen molar-refractivity contribution in [1.82, 2.24) is 0 Å². The van der Waals surface area contributed by atoms with E-state index in [1.807, 2.05) is 24.3 Å². The highest BCUT2D eigenvalue weighted by molar-refractivity contribution is 5.41. The zero-order chi connectivity index (χ0) is 13.7. The Morgan fingerprint density at radius 2 is 1.68 bits per heavy atom. The van der Waals surface area contributed by atoms with Gasteiger partial charge in [0.25, 0.3) is 0 Å². The number of hydrogen-bond acceptors (Lipinski definition) is 2. The van der Waals surface area contributed by atoms with Crippen LogP contribution < -0.4 is 4.74 Å². The molecule has 0 saturated heterocycles. The Labute approximate surface area is 115 Å². The van der Waals surface area contributed by atoms with Crippen molar-refractivity contribution < 1.29 is 9.47 Å². The minimum Gasteiger partial charge on any atom is -0.496 e. The lowest BCUT2D eigenvalue weighted by molar-refractivity contribution is 0.133. The summed E-state index contributed by atoms with van der Waals surface area (Å²) in [6.45, 7) is 3.88. The van der Waals surface area contributed by atoms with Crippen LogP contribution in [-0.4, -0.2) is 14.2 Å². The number of benzene rings is 2. The van der Waals surface area contributed by atoms with Gasteiger partial charge in [-0.2, -0.15) is 0 Å². The van der Waals surface area contributed by atoms with Crippen molar-refractivity contribution in [3.8, 4) is 5.75 Å². The van der Waals surface area contributed by atoms with E-state index in [1.54, 1.807) is 14.2 Å². The Morgan fingerprint density at radius 3 is 2.26 bits per heavy atom. The van der Waals surface area contributed by atoms with Gasteiger partial charge >= 0.3 is 0 Å². The molecule has 1 atom stereocenters. The largest absolute Gasteiger partial charge is 0.496 e. The van der Waals surface area contributed by atoms with E-state index in [-0.39, 0.29) is 6.10 Å². The molecule has 0 heterocycles. The molecule has 0 aromatic heterocycles. The molecule has 0 N–H and O–H groups in total. The van der Waals surface area contributed by atoms with Crippen LogP contribution in [0.2, 0.25) is 0 Å². The summed E-state index contributed by atoms with van der Waals surface area (Å²) in [5.41, 5.74) is 3.37. The third-order valence-electron chi connectivity index (χ3n) is 3.23. The van der Waals surface area contributed by atoms with Crippen LogP contribution in [0, 0.1) is 6.92 Å². The molecule has 0 aliphatic heterocycles. The molecule has 19 heavy (non-hydrogen) atoms. The van der Waals surface area contributed by atoms with Gasteiger partial charge in [-0.3, -0.25) is 0 Å². The van der Waals surface area contributed by atoms with Crippen LogP contribution in [0.3, 0.4) is 0 Å². The fourth-order valence-corrected chi connectivity index (χ4v) is 2.18. The van der Waals surface area contributed by atoms with Crippen molar-refractivity contribution in [1.29, 1.82) is 0 Å². The molecule has 1 radical (unpaired) electrons. The van der Waals surface area contributed by atoms with Crippen LogP contribution in [0.1, 0.15) is 22.8 Å². The first kappa shape index (κ1) is 13.6. The van der Waals surface area contributed by atoms with Crippen molar-refractivity contribution in [3.05, 3.63) is 72.1 Å². The van der Waals surface area contributed by atoms with E-state index < -0.39 is 0 Å². The molecular formula is C17H19O2. The number of methoxy groups -OCH3 is 2. The first-order valence-corrected chi connectivity index (χ1v) is 6.34. The summed E-state index contributed by atoms with van der Waals surface area (Å²) in [6, 6.07) is 16.3. The van der Waals surface area contributed by atoms with Gasteiger partial charge < -0.3 is 9.47 Å². The van der Waals surface area contributed by atoms with Gasteiger partial charge in [0, 0.05) is 12.7 Å². The Morgan fingerprint density at radius 1 is 1.00 bits per heavy atom. The first-order valence-electron chi connectivity index (χ1n) is 6.34. The van der Waals surface area contributed by atoms with E-state index >= 15 is 0 Å². The van der Waals surface area contributed by atoms with Crippen LogP contribution >= 0.6 is 0 Å². The quantitative estimate of drug-likeness (QED) is 0.809. The standard InChI is InChI=1S/C17H19O2/c1-4-13-9-11-14(12-10-13)17(19-3)15-7-5-6-8-16(15)18-2/h5-12,17H,1,4H2,2-3H3. The molecule has 99 valence electrons. The summed E-state index contributed by atoms with van der Waals surface area (Å²) in [7, 11) is 3.39. The van der Waals surface area contributed by atoms with Gasteiger partial charge in [-0.25, -0.2) is 0 Å². The van der Waals surface area contributed by atoms with E-state index in [1.165, 1.54) is 5.56 Å². The smallest absolute Gasteiger partial charge is 0.125 e. The van der Waals surface area contributed by atoms with Crippen molar-refractivity contribution >= 4 is 0 Å². The molecule has 2 aromatic carbocycles. The molecular weight excluding hydrogens is 236 g/mol. The molecule has 0 aliphatic rings. The Balaban J connectivity index is 2.37. The Bertz CT molecular complexity index is 517. The molecule has 2 aromatic rings. The van der Waals surface area contributed by atoms with Crippen LogP contribution in [-0.2, 0) is 11.2 Å². The van der Waals surface area contributed by atoms with Gasteiger partial charge in [0.15, 0.2) is 0 Å². The van der Waals surface area contributed by atoms with Gasteiger partial charge in [-0.1, -0.05) is 42.5 Å². The summed E-state index contributed by atoms with van der Waals surface area (Å²) in [5, 5.41) is 0. The van der Waals surface area contributed by atoms with Crippen molar-refractivity contribution in [2.45, 2.75) is 12.5 Å². The molecule has 0 aliphatic carbocycles. The molecule has 2 nitrogen and oxygen atoms in total.